The molecule has 0 radical (unpaired) electrons. The van der Waals surface area contributed by atoms with E-state index < -0.39 is 0 Å². The quantitative estimate of drug-likeness (QED) is 0.607. The predicted octanol–water partition coefficient (Wildman–Crippen LogP) is 2.87. The third-order valence-electron chi connectivity index (χ3n) is 4.07. The molecule has 2 unspecified atom stereocenters. The Morgan fingerprint density at radius 3 is 3.05 bits per heavy atom. The van der Waals surface area contributed by atoms with Crippen molar-refractivity contribution in [3.63, 3.8) is 0 Å². The molecule has 19 heavy (non-hydrogen) atoms. The van der Waals surface area contributed by atoms with Gasteiger partial charge in [0.25, 0.3) is 5.69 Å². The SMILES string of the molecule is O=[N+]([O-])c1cccc(C2OCCC3CCCCN32)c1. The zero-order valence-electron chi connectivity index (χ0n) is 10.8. The van der Waals surface area contributed by atoms with Gasteiger partial charge >= 0.3 is 0 Å². The highest BCUT2D eigenvalue weighted by Crippen LogP contribution is 2.35. The topological polar surface area (TPSA) is 55.6 Å². The zero-order chi connectivity index (χ0) is 13.2. The number of nitro groups is 1. The minimum atomic E-state index is -0.347. The molecule has 0 saturated carbocycles. The van der Waals surface area contributed by atoms with Gasteiger partial charge in [0.05, 0.1) is 11.5 Å². The molecule has 2 saturated heterocycles. The van der Waals surface area contributed by atoms with E-state index >= 15 is 0 Å². The van der Waals surface area contributed by atoms with Crippen molar-refractivity contribution in [1.82, 2.24) is 4.90 Å². The van der Waals surface area contributed by atoms with E-state index in [0.29, 0.717) is 6.04 Å². The molecule has 2 fully saturated rings. The fourth-order valence-electron chi connectivity index (χ4n) is 3.13. The molecule has 3 rings (SSSR count). The van der Waals surface area contributed by atoms with Crippen LogP contribution < -0.4 is 0 Å². The number of nitrogens with zero attached hydrogens (tertiary/aromatic N) is 2. The summed E-state index contributed by atoms with van der Waals surface area (Å²) in [5, 5.41) is 10.9. The number of fused-ring (bicyclic) bond motifs is 1. The average Bonchev–Trinajstić information content (AvgIpc) is 2.47. The maximum absolute atomic E-state index is 10.9. The lowest BCUT2D eigenvalue weighted by atomic mass is 9.96. The summed E-state index contributed by atoms with van der Waals surface area (Å²) in [5.41, 5.74) is 1.04. The van der Waals surface area contributed by atoms with Crippen LogP contribution in [0.2, 0.25) is 0 Å². The van der Waals surface area contributed by atoms with Crippen molar-refractivity contribution in [3.05, 3.63) is 39.9 Å². The second-order valence-electron chi connectivity index (χ2n) is 5.25. The zero-order valence-corrected chi connectivity index (χ0v) is 10.8. The van der Waals surface area contributed by atoms with E-state index in [2.05, 4.69) is 4.90 Å². The van der Waals surface area contributed by atoms with E-state index in [4.69, 9.17) is 4.74 Å². The van der Waals surface area contributed by atoms with Gasteiger partial charge in [-0.3, -0.25) is 15.0 Å². The second kappa shape index (κ2) is 5.27. The number of hydrogen-bond acceptors (Lipinski definition) is 4. The molecule has 2 atom stereocenters. The van der Waals surface area contributed by atoms with Gasteiger partial charge in [-0.1, -0.05) is 18.6 Å². The van der Waals surface area contributed by atoms with Crippen molar-refractivity contribution in [3.8, 4) is 0 Å². The van der Waals surface area contributed by atoms with Crippen molar-refractivity contribution in [2.24, 2.45) is 0 Å². The Balaban J connectivity index is 1.87. The summed E-state index contributed by atoms with van der Waals surface area (Å²) in [4.78, 5) is 12.9. The molecule has 0 bridgehead atoms. The van der Waals surface area contributed by atoms with E-state index in [1.165, 1.54) is 25.3 Å². The Kier molecular flexibility index (Phi) is 3.48. The number of benzene rings is 1. The largest absolute Gasteiger partial charge is 0.359 e. The first kappa shape index (κ1) is 12.6. The number of non-ortho nitro benzene ring substituents is 1. The van der Waals surface area contributed by atoms with E-state index in [1.54, 1.807) is 12.1 Å². The summed E-state index contributed by atoms with van der Waals surface area (Å²) in [6.45, 7) is 1.77. The minimum Gasteiger partial charge on any atom is -0.359 e. The first-order valence-corrected chi connectivity index (χ1v) is 6.87. The van der Waals surface area contributed by atoms with Gasteiger partial charge in [0.15, 0.2) is 0 Å². The van der Waals surface area contributed by atoms with Crippen LogP contribution >= 0.6 is 0 Å². The van der Waals surface area contributed by atoms with E-state index in [9.17, 15) is 10.1 Å². The van der Waals surface area contributed by atoms with Gasteiger partial charge in [-0.25, -0.2) is 0 Å². The number of hydrogen-bond donors (Lipinski definition) is 0. The first-order valence-electron chi connectivity index (χ1n) is 6.87. The van der Waals surface area contributed by atoms with E-state index in [0.717, 1.165) is 25.1 Å². The van der Waals surface area contributed by atoms with Crippen LogP contribution in [-0.4, -0.2) is 29.0 Å². The highest BCUT2D eigenvalue weighted by molar-refractivity contribution is 5.35. The second-order valence-corrected chi connectivity index (χ2v) is 5.25. The summed E-state index contributed by atoms with van der Waals surface area (Å²) >= 11 is 0. The molecular formula is C14H18N2O3. The molecule has 2 heterocycles. The summed E-state index contributed by atoms with van der Waals surface area (Å²) in [5.74, 6) is 0. The van der Waals surface area contributed by atoms with Crippen molar-refractivity contribution in [1.29, 1.82) is 0 Å². The molecule has 0 spiro atoms. The lowest BCUT2D eigenvalue weighted by molar-refractivity contribution is -0.385. The van der Waals surface area contributed by atoms with E-state index in [-0.39, 0.29) is 16.8 Å². The molecule has 0 aliphatic carbocycles. The van der Waals surface area contributed by atoms with Gasteiger partial charge in [0.2, 0.25) is 0 Å². The molecule has 2 aliphatic rings. The molecule has 2 aliphatic heterocycles. The number of ether oxygens (including phenoxy) is 1. The molecule has 5 nitrogen and oxygen atoms in total. The fourth-order valence-corrected chi connectivity index (χ4v) is 3.13. The monoisotopic (exact) mass is 262 g/mol. The summed E-state index contributed by atoms with van der Waals surface area (Å²) in [6, 6.07) is 7.41. The van der Waals surface area contributed by atoms with Crippen molar-refractivity contribution < 1.29 is 9.66 Å². The Morgan fingerprint density at radius 1 is 1.32 bits per heavy atom. The van der Waals surface area contributed by atoms with Gasteiger partial charge < -0.3 is 4.74 Å². The van der Waals surface area contributed by atoms with Crippen LogP contribution in [0.3, 0.4) is 0 Å². The van der Waals surface area contributed by atoms with E-state index in [1.807, 2.05) is 6.07 Å². The van der Waals surface area contributed by atoms with Gasteiger partial charge in [0.1, 0.15) is 6.23 Å². The Bertz CT molecular complexity index is 476. The number of nitro benzene ring substituents is 1. The number of piperidine rings is 1. The lowest BCUT2D eigenvalue weighted by Gasteiger charge is -2.44. The van der Waals surface area contributed by atoms with Crippen molar-refractivity contribution in [2.75, 3.05) is 13.2 Å². The third-order valence-corrected chi connectivity index (χ3v) is 4.07. The van der Waals surface area contributed by atoms with Crippen LogP contribution in [0.5, 0.6) is 0 Å². The van der Waals surface area contributed by atoms with Gasteiger partial charge in [-0.15, -0.1) is 0 Å². The molecule has 1 aromatic carbocycles. The van der Waals surface area contributed by atoms with Crippen molar-refractivity contribution in [2.45, 2.75) is 38.0 Å². The standard InChI is InChI=1S/C14H18N2O3/c17-16(18)13-6-3-4-11(10-13)14-15-8-2-1-5-12(15)7-9-19-14/h3-4,6,10,12,14H,1-2,5,7-9H2. The third kappa shape index (κ3) is 2.48. The highest BCUT2D eigenvalue weighted by atomic mass is 16.6. The average molecular weight is 262 g/mol. The molecule has 0 aromatic heterocycles. The molecule has 0 N–H and O–H groups in total. The summed E-state index contributed by atoms with van der Waals surface area (Å²) in [7, 11) is 0. The first-order chi connectivity index (χ1) is 9.25. The fraction of sp³-hybridized carbons (Fsp3) is 0.571. The Hall–Kier alpha value is -1.46. The molecule has 1 aromatic rings. The minimum absolute atomic E-state index is 0.112. The molecule has 0 amide bonds. The maximum Gasteiger partial charge on any atom is 0.269 e. The van der Waals surface area contributed by atoms with Crippen LogP contribution in [0.15, 0.2) is 24.3 Å². The lowest BCUT2D eigenvalue weighted by Crippen LogP contribution is -2.47. The normalized spacial score (nSPS) is 27.8. The molecular weight excluding hydrogens is 244 g/mol. The van der Waals surface area contributed by atoms with Gasteiger partial charge in [-0.2, -0.15) is 0 Å². The van der Waals surface area contributed by atoms with Crippen molar-refractivity contribution >= 4 is 5.69 Å². The van der Waals surface area contributed by atoms with Crippen LogP contribution in [0.25, 0.3) is 0 Å². The van der Waals surface area contributed by atoms with Gasteiger partial charge in [-0.05, 0) is 19.3 Å². The maximum atomic E-state index is 10.9. The molecule has 5 heteroatoms. The van der Waals surface area contributed by atoms with Crippen LogP contribution in [0.1, 0.15) is 37.5 Å². The smallest absolute Gasteiger partial charge is 0.269 e. The van der Waals surface area contributed by atoms with Gasteiger partial charge in [0, 0.05) is 30.3 Å². The molecule has 102 valence electrons. The van der Waals surface area contributed by atoms with Crippen LogP contribution in [0, 0.1) is 10.1 Å². The van der Waals surface area contributed by atoms with Crippen LogP contribution in [-0.2, 0) is 4.74 Å². The number of rotatable bonds is 2. The predicted molar refractivity (Wildman–Crippen MR) is 70.8 cm³/mol. The Morgan fingerprint density at radius 2 is 2.21 bits per heavy atom. The highest BCUT2D eigenvalue weighted by Gasteiger charge is 2.34. The summed E-state index contributed by atoms with van der Waals surface area (Å²) in [6.07, 6.45) is 4.65. The Labute approximate surface area is 112 Å². The summed E-state index contributed by atoms with van der Waals surface area (Å²) < 4.78 is 5.87. The van der Waals surface area contributed by atoms with Crippen LogP contribution in [0.4, 0.5) is 5.69 Å².